The number of carbonyl (C=O) groups is 1. The molecule has 1 saturated heterocycles. The SMILES string of the molecule is CCCNCCNC(=O)CCCS(=O)(=O)N1CCCC1.Cl. The van der Waals surface area contributed by atoms with Crippen molar-refractivity contribution in [1.82, 2.24) is 14.9 Å². The van der Waals surface area contributed by atoms with E-state index in [1.807, 2.05) is 0 Å². The molecule has 1 rings (SSSR count). The quantitative estimate of drug-likeness (QED) is 0.574. The van der Waals surface area contributed by atoms with Crippen molar-refractivity contribution >= 4 is 28.3 Å². The molecule has 0 aromatic heterocycles. The van der Waals surface area contributed by atoms with Gasteiger partial charge in [0.1, 0.15) is 0 Å². The Kier molecular flexibility index (Phi) is 11.0. The average molecular weight is 342 g/mol. The highest BCUT2D eigenvalue weighted by atomic mass is 35.5. The van der Waals surface area contributed by atoms with E-state index in [1.165, 1.54) is 0 Å². The van der Waals surface area contributed by atoms with Crippen LogP contribution in [0.25, 0.3) is 0 Å². The molecule has 1 aliphatic heterocycles. The molecule has 0 spiro atoms. The van der Waals surface area contributed by atoms with Crippen LogP contribution >= 0.6 is 12.4 Å². The first-order chi connectivity index (χ1) is 9.56. The Morgan fingerprint density at radius 3 is 2.43 bits per heavy atom. The van der Waals surface area contributed by atoms with Gasteiger partial charge in [-0.25, -0.2) is 12.7 Å². The molecule has 0 aromatic carbocycles. The minimum atomic E-state index is -3.15. The zero-order chi connectivity index (χ0) is 14.8. The molecule has 1 heterocycles. The number of sulfonamides is 1. The van der Waals surface area contributed by atoms with Crippen molar-refractivity contribution in [2.45, 2.75) is 39.0 Å². The van der Waals surface area contributed by atoms with E-state index in [0.717, 1.165) is 32.4 Å². The van der Waals surface area contributed by atoms with Gasteiger partial charge in [0.05, 0.1) is 5.75 Å². The molecule has 0 bridgehead atoms. The number of nitrogens with zero attached hydrogens (tertiary/aromatic N) is 1. The Hall–Kier alpha value is -0.370. The third-order valence-corrected chi connectivity index (χ3v) is 5.27. The first-order valence-corrected chi connectivity index (χ1v) is 9.12. The molecular formula is C13H28ClN3O3S. The lowest BCUT2D eigenvalue weighted by atomic mass is 10.3. The topological polar surface area (TPSA) is 78.5 Å². The molecule has 126 valence electrons. The molecule has 0 radical (unpaired) electrons. The second-order valence-corrected chi connectivity index (χ2v) is 7.21. The van der Waals surface area contributed by atoms with Crippen LogP contribution in [0, 0.1) is 0 Å². The highest BCUT2D eigenvalue weighted by molar-refractivity contribution is 7.89. The number of nitrogens with one attached hydrogen (secondary N) is 2. The van der Waals surface area contributed by atoms with E-state index < -0.39 is 10.0 Å². The van der Waals surface area contributed by atoms with E-state index in [2.05, 4.69) is 17.6 Å². The van der Waals surface area contributed by atoms with Crippen LogP contribution in [0.2, 0.25) is 0 Å². The van der Waals surface area contributed by atoms with Crippen molar-refractivity contribution in [3.05, 3.63) is 0 Å². The maximum Gasteiger partial charge on any atom is 0.220 e. The number of rotatable bonds is 10. The summed E-state index contributed by atoms with van der Waals surface area (Å²) in [7, 11) is -3.15. The lowest BCUT2D eigenvalue weighted by Crippen LogP contribution is -2.33. The first kappa shape index (κ1) is 20.6. The molecule has 1 aliphatic rings. The molecule has 0 atom stereocenters. The van der Waals surface area contributed by atoms with Gasteiger partial charge in [0, 0.05) is 32.6 Å². The lowest BCUT2D eigenvalue weighted by molar-refractivity contribution is -0.121. The summed E-state index contributed by atoms with van der Waals surface area (Å²) in [4.78, 5) is 11.5. The van der Waals surface area contributed by atoms with Crippen LogP contribution < -0.4 is 10.6 Å². The van der Waals surface area contributed by atoms with Crippen molar-refractivity contribution in [3.8, 4) is 0 Å². The van der Waals surface area contributed by atoms with Gasteiger partial charge in [-0.1, -0.05) is 6.92 Å². The van der Waals surface area contributed by atoms with Crippen molar-refractivity contribution < 1.29 is 13.2 Å². The van der Waals surface area contributed by atoms with Gasteiger partial charge in [-0.15, -0.1) is 12.4 Å². The number of amides is 1. The summed E-state index contributed by atoms with van der Waals surface area (Å²) >= 11 is 0. The Morgan fingerprint density at radius 2 is 1.81 bits per heavy atom. The van der Waals surface area contributed by atoms with Crippen LogP contribution in [0.5, 0.6) is 0 Å². The van der Waals surface area contributed by atoms with Crippen LogP contribution in [-0.2, 0) is 14.8 Å². The molecule has 8 heteroatoms. The van der Waals surface area contributed by atoms with Crippen LogP contribution in [-0.4, -0.2) is 57.1 Å². The minimum absolute atomic E-state index is 0. The normalized spacial score (nSPS) is 15.7. The molecule has 0 unspecified atom stereocenters. The van der Waals surface area contributed by atoms with Crippen molar-refractivity contribution in [3.63, 3.8) is 0 Å². The minimum Gasteiger partial charge on any atom is -0.355 e. The fourth-order valence-electron chi connectivity index (χ4n) is 2.19. The van der Waals surface area contributed by atoms with Gasteiger partial charge in [0.15, 0.2) is 0 Å². The summed E-state index contributed by atoms with van der Waals surface area (Å²) in [5, 5.41) is 5.98. The first-order valence-electron chi connectivity index (χ1n) is 7.51. The van der Waals surface area contributed by atoms with Crippen molar-refractivity contribution in [2.24, 2.45) is 0 Å². The summed E-state index contributed by atoms with van der Waals surface area (Å²) in [5.74, 6) is 0.00836. The van der Waals surface area contributed by atoms with Crippen LogP contribution in [0.15, 0.2) is 0 Å². The van der Waals surface area contributed by atoms with Gasteiger partial charge in [-0.05, 0) is 32.2 Å². The Morgan fingerprint density at radius 1 is 1.14 bits per heavy atom. The number of halogens is 1. The fourth-order valence-corrected chi connectivity index (χ4v) is 3.77. The number of hydrogen-bond acceptors (Lipinski definition) is 4. The molecule has 0 aromatic rings. The third-order valence-electron chi connectivity index (χ3n) is 3.32. The predicted octanol–water partition coefficient (Wildman–Crippen LogP) is 0.730. The molecule has 1 fully saturated rings. The maximum absolute atomic E-state index is 11.9. The monoisotopic (exact) mass is 341 g/mol. The van der Waals surface area contributed by atoms with Gasteiger partial charge in [0.25, 0.3) is 0 Å². The van der Waals surface area contributed by atoms with Gasteiger partial charge < -0.3 is 10.6 Å². The van der Waals surface area contributed by atoms with E-state index in [9.17, 15) is 13.2 Å². The fraction of sp³-hybridized carbons (Fsp3) is 0.923. The van der Waals surface area contributed by atoms with Crippen LogP contribution in [0.4, 0.5) is 0 Å². The van der Waals surface area contributed by atoms with Gasteiger partial charge in [0.2, 0.25) is 15.9 Å². The Balaban J connectivity index is 0.00000400. The molecular weight excluding hydrogens is 314 g/mol. The van der Waals surface area contributed by atoms with Crippen LogP contribution in [0.3, 0.4) is 0 Å². The number of carbonyl (C=O) groups excluding carboxylic acids is 1. The molecule has 0 aliphatic carbocycles. The van der Waals surface area contributed by atoms with E-state index in [0.29, 0.717) is 26.1 Å². The summed E-state index contributed by atoms with van der Waals surface area (Å²) in [5.41, 5.74) is 0. The number of hydrogen-bond donors (Lipinski definition) is 2. The summed E-state index contributed by atoms with van der Waals surface area (Å²) in [6, 6.07) is 0. The zero-order valence-corrected chi connectivity index (χ0v) is 14.4. The van der Waals surface area contributed by atoms with E-state index in [4.69, 9.17) is 0 Å². The van der Waals surface area contributed by atoms with E-state index in [1.54, 1.807) is 4.31 Å². The molecule has 21 heavy (non-hydrogen) atoms. The van der Waals surface area contributed by atoms with Gasteiger partial charge >= 0.3 is 0 Å². The molecule has 1 amide bonds. The molecule has 6 nitrogen and oxygen atoms in total. The van der Waals surface area contributed by atoms with E-state index >= 15 is 0 Å². The summed E-state index contributed by atoms with van der Waals surface area (Å²) < 4.78 is 25.4. The standard InChI is InChI=1S/C13H27N3O3S.ClH/c1-2-7-14-8-9-15-13(17)6-5-12-20(18,19)16-10-3-4-11-16;/h14H,2-12H2,1H3,(H,15,17);1H. The predicted molar refractivity (Wildman–Crippen MR) is 87.2 cm³/mol. The highest BCUT2D eigenvalue weighted by Crippen LogP contribution is 2.14. The van der Waals surface area contributed by atoms with Crippen molar-refractivity contribution in [1.29, 1.82) is 0 Å². The Bertz CT molecular complexity index is 384. The average Bonchev–Trinajstić information content (AvgIpc) is 2.93. The van der Waals surface area contributed by atoms with E-state index in [-0.39, 0.29) is 30.5 Å². The largest absolute Gasteiger partial charge is 0.355 e. The molecule has 0 saturated carbocycles. The smallest absolute Gasteiger partial charge is 0.220 e. The van der Waals surface area contributed by atoms with Gasteiger partial charge in [-0.2, -0.15) is 0 Å². The second kappa shape index (κ2) is 11.2. The zero-order valence-electron chi connectivity index (χ0n) is 12.8. The maximum atomic E-state index is 11.9. The van der Waals surface area contributed by atoms with Gasteiger partial charge in [-0.3, -0.25) is 4.79 Å². The van der Waals surface area contributed by atoms with Crippen LogP contribution in [0.1, 0.15) is 39.0 Å². The summed E-state index contributed by atoms with van der Waals surface area (Å²) in [6.45, 7) is 5.66. The highest BCUT2D eigenvalue weighted by Gasteiger charge is 2.24. The lowest BCUT2D eigenvalue weighted by Gasteiger charge is -2.15. The second-order valence-electron chi connectivity index (χ2n) is 5.13. The third kappa shape index (κ3) is 8.60. The molecule has 2 N–H and O–H groups in total. The van der Waals surface area contributed by atoms with Crippen molar-refractivity contribution in [2.75, 3.05) is 38.5 Å². The Labute approximate surface area is 134 Å². The summed E-state index contributed by atoms with van der Waals surface area (Å²) in [6.07, 6.45) is 3.64.